The van der Waals surface area contributed by atoms with Crippen LogP contribution in [0.5, 0.6) is 0 Å². The van der Waals surface area contributed by atoms with Crippen LogP contribution in [0.4, 0.5) is 13.2 Å². The Morgan fingerprint density at radius 1 is 1.16 bits per heavy atom. The molecule has 6 nitrogen and oxygen atoms in total. The standard InChI is InChI=1S/C22H24F3N5O/c1-21(2,3)17-12-18(22(23,24)25)30-19(27-17)11-15(28-30)16-8-4-5-10-29(16)20(31)14-7-6-9-26-13-14/h6-7,9,11-13,16H,4-5,8,10H2,1-3H3. The van der Waals surface area contributed by atoms with E-state index in [1.165, 1.54) is 6.20 Å². The molecule has 1 fully saturated rings. The zero-order valence-electron chi connectivity index (χ0n) is 17.6. The number of piperidine rings is 1. The zero-order valence-corrected chi connectivity index (χ0v) is 17.6. The van der Waals surface area contributed by atoms with E-state index in [0.717, 1.165) is 23.4 Å². The summed E-state index contributed by atoms with van der Waals surface area (Å²) in [5.41, 5.74) is -0.0861. The number of nitrogens with zero attached hydrogens (tertiary/aromatic N) is 5. The number of carbonyl (C=O) groups is 1. The minimum atomic E-state index is -4.58. The smallest absolute Gasteiger partial charge is 0.330 e. The molecule has 0 aliphatic carbocycles. The molecule has 1 unspecified atom stereocenters. The van der Waals surface area contributed by atoms with Crippen molar-refractivity contribution in [2.24, 2.45) is 0 Å². The fraction of sp³-hybridized carbons (Fsp3) is 0.455. The number of fused-ring (bicyclic) bond motifs is 1. The van der Waals surface area contributed by atoms with Crippen molar-refractivity contribution in [3.63, 3.8) is 0 Å². The highest BCUT2D eigenvalue weighted by Gasteiger charge is 2.37. The molecule has 0 saturated carbocycles. The first kappa shape index (κ1) is 21.3. The second-order valence-corrected chi connectivity index (χ2v) is 8.87. The molecular formula is C22H24F3N5O. The van der Waals surface area contributed by atoms with Gasteiger partial charge >= 0.3 is 6.18 Å². The molecule has 31 heavy (non-hydrogen) atoms. The number of halogens is 3. The monoisotopic (exact) mass is 431 g/mol. The highest BCUT2D eigenvalue weighted by molar-refractivity contribution is 5.94. The molecule has 9 heteroatoms. The van der Waals surface area contributed by atoms with E-state index in [1.807, 2.05) is 20.8 Å². The number of pyridine rings is 1. The summed E-state index contributed by atoms with van der Waals surface area (Å²) >= 11 is 0. The number of carbonyl (C=O) groups excluding carboxylic acids is 1. The Balaban J connectivity index is 1.80. The zero-order chi connectivity index (χ0) is 22.4. The summed E-state index contributed by atoms with van der Waals surface area (Å²) < 4.78 is 42.3. The number of hydrogen-bond donors (Lipinski definition) is 0. The molecule has 1 aliphatic rings. The van der Waals surface area contributed by atoms with Gasteiger partial charge in [0, 0.05) is 30.4 Å². The van der Waals surface area contributed by atoms with Crippen LogP contribution in [0.1, 0.15) is 73.5 Å². The van der Waals surface area contributed by atoms with Crippen LogP contribution in [0.2, 0.25) is 0 Å². The summed E-state index contributed by atoms with van der Waals surface area (Å²) in [4.78, 5) is 23.2. The van der Waals surface area contributed by atoms with E-state index in [4.69, 9.17) is 0 Å². The summed E-state index contributed by atoms with van der Waals surface area (Å²) in [6, 6.07) is 5.59. The largest absolute Gasteiger partial charge is 0.433 e. The quantitative estimate of drug-likeness (QED) is 0.584. The van der Waals surface area contributed by atoms with Crippen LogP contribution in [0, 0.1) is 0 Å². The summed E-state index contributed by atoms with van der Waals surface area (Å²) in [6.45, 7) is 5.97. The van der Waals surface area contributed by atoms with Crippen LogP contribution in [0.15, 0.2) is 36.7 Å². The van der Waals surface area contributed by atoms with E-state index in [-0.39, 0.29) is 11.6 Å². The van der Waals surface area contributed by atoms with Crippen LogP contribution in [-0.4, -0.2) is 36.9 Å². The highest BCUT2D eigenvalue weighted by Crippen LogP contribution is 2.35. The predicted molar refractivity (Wildman–Crippen MR) is 109 cm³/mol. The lowest BCUT2D eigenvalue weighted by atomic mass is 9.91. The highest BCUT2D eigenvalue weighted by atomic mass is 19.4. The third-order valence-corrected chi connectivity index (χ3v) is 5.52. The van der Waals surface area contributed by atoms with E-state index in [2.05, 4.69) is 15.1 Å². The topological polar surface area (TPSA) is 63.4 Å². The maximum Gasteiger partial charge on any atom is 0.433 e. The first-order valence-corrected chi connectivity index (χ1v) is 10.2. The predicted octanol–water partition coefficient (Wildman–Crippen LogP) is 4.81. The molecule has 1 amide bonds. The maximum absolute atomic E-state index is 13.8. The molecular weight excluding hydrogens is 407 g/mol. The van der Waals surface area contributed by atoms with Gasteiger partial charge in [-0.15, -0.1) is 0 Å². The number of alkyl halides is 3. The molecule has 164 valence electrons. The van der Waals surface area contributed by atoms with Crippen LogP contribution >= 0.6 is 0 Å². The molecule has 0 bridgehead atoms. The molecule has 3 aromatic rings. The van der Waals surface area contributed by atoms with Gasteiger partial charge in [-0.25, -0.2) is 9.50 Å². The lowest BCUT2D eigenvalue weighted by Gasteiger charge is -2.34. The van der Waals surface area contributed by atoms with Crippen molar-refractivity contribution >= 4 is 11.6 Å². The number of amides is 1. The number of aromatic nitrogens is 4. The van der Waals surface area contributed by atoms with E-state index in [9.17, 15) is 18.0 Å². The van der Waals surface area contributed by atoms with E-state index >= 15 is 0 Å². The molecule has 0 aromatic carbocycles. The third kappa shape index (κ3) is 4.13. The SMILES string of the molecule is CC(C)(C)c1cc(C(F)(F)F)n2nc(C3CCCCN3C(=O)c3cccnc3)cc2n1. The van der Waals surface area contributed by atoms with E-state index in [1.54, 1.807) is 29.3 Å². The Bertz CT molecular complexity index is 1100. The second-order valence-electron chi connectivity index (χ2n) is 8.87. The van der Waals surface area contributed by atoms with Crippen LogP contribution < -0.4 is 0 Å². The van der Waals surface area contributed by atoms with Gasteiger partial charge in [0.15, 0.2) is 5.65 Å². The van der Waals surface area contributed by atoms with Crippen molar-refractivity contribution in [1.82, 2.24) is 24.5 Å². The Morgan fingerprint density at radius 2 is 1.94 bits per heavy atom. The summed E-state index contributed by atoms with van der Waals surface area (Å²) in [7, 11) is 0. The first-order chi connectivity index (χ1) is 14.6. The molecule has 0 radical (unpaired) electrons. The molecule has 1 atom stereocenters. The van der Waals surface area contributed by atoms with Gasteiger partial charge in [0.05, 0.1) is 23.0 Å². The average molecular weight is 431 g/mol. The minimum Gasteiger partial charge on any atom is -0.330 e. The summed E-state index contributed by atoms with van der Waals surface area (Å²) in [5, 5.41) is 4.28. The van der Waals surface area contributed by atoms with E-state index < -0.39 is 23.3 Å². The van der Waals surface area contributed by atoms with Crippen molar-refractivity contribution in [2.75, 3.05) is 6.54 Å². The van der Waals surface area contributed by atoms with Crippen molar-refractivity contribution in [3.8, 4) is 0 Å². The number of likely N-dealkylation sites (tertiary alicyclic amines) is 1. The fourth-order valence-corrected chi connectivity index (χ4v) is 3.88. The third-order valence-electron chi connectivity index (χ3n) is 5.52. The molecule has 3 aromatic heterocycles. The van der Waals surface area contributed by atoms with Gasteiger partial charge in [-0.1, -0.05) is 20.8 Å². The van der Waals surface area contributed by atoms with Gasteiger partial charge in [-0.3, -0.25) is 9.78 Å². The Hall–Kier alpha value is -2.97. The van der Waals surface area contributed by atoms with Gasteiger partial charge in [0.2, 0.25) is 0 Å². The first-order valence-electron chi connectivity index (χ1n) is 10.2. The van der Waals surface area contributed by atoms with Gasteiger partial charge < -0.3 is 4.90 Å². The van der Waals surface area contributed by atoms with Gasteiger partial charge in [0.1, 0.15) is 5.69 Å². The van der Waals surface area contributed by atoms with Crippen molar-refractivity contribution in [1.29, 1.82) is 0 Å². The number of rotatable bonds is 2. The molecule has 4 rings (SSSR count). The van der Waals surface area contributed by atoms with Crippen molar-refractivity contribution < 1.29 is 18.0 Å². The molecule has 4 heterocycles. The molecule has 1 aliphatic heterocycles. The fourth-order valence-electron chi connectivity index (χ4n) is 3.88. The normalized spacial score (nSPS) is 17.9. The Labute approximate surface area is 178 Å². The molecule has 0 spiro atoms. The Morgan fingerprint density at radius 3 is 2.58 bits per heavy atom. The Kier molecular flexibility index (Phi) is 5.23. The summed E-state index contributed by atoms with van der Waals surface area (Å²) in [6.07, 6.45) is 0.824. The van der Waals surface area contributed by atoms with Gasteiger partial charge in [-0.05, 0) is 37.5 Å². The second kappa shape index (κ2) is 7.62. The maximum atomic E-state index is 13.8. The van der Waals surface area contributed by atoms with Crippen molar-refractivity contribution in [3.05, 3.63) is 59.3 Å². The average Bonchev–Trinajstić information content (AvgIpc) is 3.16. The van der Waals surface area contributed by atoms with E-state index in [0.29, 0.717) is 29.9 Å². The lowest BCUT2D eigenvalue weighted by molar-refractivity contribution is -0.142. The van der Waals surface area contributed by atoms with Crippen LogP contribution in [-0.2, 0) is 11.6 Å². The van der Waals surface area contributed by atoms with Crippen molar-refractivity contribution in [2.45, 2.75) is 57.7 Å². The molecule has 0 N–H and O–H groups in total. The van der Waals surface area contributed by atoms with Crippen LogP contribution in [0.25, 0.3) is 5.65 Å². The number of hydrogen-bond acceptors (Lipinski definition) is 4. The molecule has 1 saturated heterocycles. The van der Waals surface area contributed by atoms with Crippen LogP contribution in [0.3, 0.4) is 0 Å². The lowest BCUT2D eigenvalue weighted by Crippen LogP contribution is -2.38. The summed E-state index contributed by atoms with van der Waals surface area (Å²) in [5.74, 6) is -0.200. The minimum absolute atomic E-state index is 0.133. The van der Waals surface area contributed by atoms with Gasteiger partial charge in [-0.2, -0.15) is 18.3 Å². The van der Waals surface area contributed by atoms with Gasteiger partial charge in [0.25, 0.3) is 5.91 Å².